The second-order valence-corrected chi connectivity index (χ2v) is 7.68. The molecule has 8 heteroatoms. The van der Waals surface area contributed by atoms with Crippen molar-refractivity contribution in [3.63, 3.8) is 0 Å². The number of hydrogen-bond acceptors (Lipinski definition) is 5. The molecule has 1 aromatic rings. The van der Waals surface area contributed by atoms with Crippen LogP contribution < -0.4 is 15.5 Å². The van der Waals surface area contributed by atoms with Crippen LogP contribution in [0.5, 0.6) is 0 Å². The minimum Gasteiger partial charge on any atom is -0.368 e. The minimum atomic E-state index is -0.910. The largest absolute Gasteiger partial charge is 0.368 e. The Morgan fingerprint density at radius 2 is 1.96 bits per heavy atom. The van der Waals surface area contributed by atoms with E-state index >= 15 is 0 Å². The van der Waals surface area contributed by atoms with E-state index < -0.39 is 11.6 Å². The van der Waals surface area contributed by atoms with Crippen LogP contribution >= 0.6 is 0 Å². The molecule has 1 aliphatic carbocycles. The number of carbonyl (C=O) groups excluding carboxylic acids is 3. The molecule has 0 radical (unpaired) electrons. The molecule has 4 rings (SSSR count). The highest BCUT2D eigenvalue weighted by Gasteiger charge is 2.55. The van der Waals surface area contributed by atoms with Gasteiger partial charge in [0.1, 0.15) is 5.54 Å². The fourth-order valence-electron chi connectivity index (χ4n) is 4.20. The Balaban J connectivity index is 1.32. The third-order valence-corrected chi connectivity index (χ3v) is 5.95. The summed E-state index contributed by atoms with van der Waals surface area (Å²) in [6, 6.07) is 9.16. The number of imide groups is 1. The zero-order valence-corrected chi connectivity index (χ0v) is 15.6. The quantitative estimate of drug-likeness (QED) is 0.740. The van der Waals surface area contributed by atoms with E-state index in [4.69, 9.17) is 5.26 Å². The summed E-state index contributed by atoms with van der Waals surface area (Å²) in [7, 11) is 0. The Labute approximate surface area is 163 Å². The van der Waals surface area contributed by atoms with Crippen molar-refractivity contribution in [2.24, 2.45) is 5.92 Å². The molecule has 1 unspecified atom stereocenters. The van der Waals surface area contributed by atoms with E-state index in [1.165, 1.54) is 0 Å². The molecule has 3 aliphatic rings. The number of benzene rings is 1. The molecular weight excluding hydrogens is 358 g/mol. The first kappa shape index (κ1) is 18.3. The molecular formula is C20H23N5O3. The van der Waals surface area contributed by atoms with Gasteiger partial charge in [-0.05, 0) is 43.4 Å². The lowest BCUT2D eigenvalue weighted by atomic mass is 9.87. The van der Waals surface area contributed by atoms with E-state index in [2.05, 4.69) is 21.6 Å². The van der Waals surface area contributed by atoms with E-state index in [9.17, 15) is 14.4 Å². The zero-order valence-electron chi connectivity index (χ0n) is 15.6. The lowest BCUT2D eigenvalue weighted by Gasteiger charge is -2.36. The second-order valence-electron chi connectivity index (χ2n) is 7.68. The number of anilines is 1. The molecule has 2 aliphatic heterocycles. The molecule has 4 amide bonds. The summed E-state index contributed by atoms with van der Waals surface area (Å²) in [5.41, 5.74) is 0.703. The molecule has 146 valence electrons. The van der Waals surface area contributed by atoms with Crippen LogP contribution in [0, 0.1) is 17.2 Å². The van der Waals surface area contributed by atoms with Crippen LogP contribution in [0.25, 0.3) is 0 Å². The number of hydrogen-bond donors (Lipinski definition) is 2. The average molecular weight is 381 g/mol. The van der Waals surface area contributed by atoms with Crippen molar-refractivity contribution < 1.29 is 14.4 Å². The Bertz CT molecular complexity index is 852. The average Bonchev–Trinajstić information content (AvgIpc) is 3.52. The van der Waals surface area contributed by atoms with Crippen LogP contribution in [0.15, 0.2) is 24.3 Å². The Kier molecular flexibility index (Phi) is 4.67. The highest BCUT2D eigenvalue weighted by atomic mass is 16.2. The number of nitrogens with one attached hydrogen (secondary N) is 2. The van der Waals surface area contributed by atoms with E-state index in [-0.39, 0.29) is 24.2 Å². The maximum Gasteiger partial charge on any atom is 0.322 e. The van der Waals surface area contributed by atoms with Gasteiger partial charge in [-0.2, -0.15) is 5.26 Å². The summed E-state index contributed by atoms with van der Waals surface area (Å²) in [4.78, 5) is 40.6. The van der Waals surface area contributed by atoms with Crippen LogP contribution in [0.1, 0.15) is 31.2 Å². The molecule has 2 saturated heterocycles. The molecule has 1 saturated carbocycles. The molecule has 1 atom stereocenters. The molecule has 0 spiro atoms. The van der Waals surface area contributed by atoms with Gasteiger partial charge in [-0.15, -0.1) is 0 Å². The molecule has 0 aromatic heterocycles. The number of carbonyl (C=O) groups is 3. The number of nitrogens with zero attached hydrogens (tertiary/aromatic N) is 3. The van der Waals surface area contributed by atoms with E-state index in [0.717, 1.165) is 18.5 Å². The number of piperazine rings is 1. The zero-order chi connectivity index (χ0) is 19.7. The van der Waals surface area contributed by atoms with Crippen molar-refractivity contribution >= 4 is 23.5 Å². The van der Waals surface area contributed by atoms with Crippen molar-refractivity contribution in [3.8, 4) is 6.07 Å². The third-order valence-electron chi connectivity index (χ3n) is 5.95. The molecule has 2 N–H and O–H groups in total. The van der Waals surface area contributed by atoms with E-state index in [1.807, 2.05) is 23.1 Å². The summed E-state index contributed by atoms with van der Waals surface area (Å²) in [6.07, 6.45) is 2.40. The first-order chi connectivity index (χ1) is 13.5. The van der Waals surface area contributed by atoms with Gasteiger partial charge in [-0.3, -0.25) is 14.9 Å². The highest BCUT2D eigenvalue weighted by Crippen LogP contribution is 2.43. The van der Waals surface area contributed by atoms with Crippen LogP contribution in [0.2, 0.25) is 0 Å². The second kappa shape index (κ2) is 7.15. The smallest absolute Gasteiger partial charge is 0.322 e. The van der Waals surface area contributed by atoms with Crippen molar-refractivity contribution in [2.75, 3.05) is 31.1 Å². The molecule has 2 heterocycles. The predicted molar refractivity (Wildman–Crippen MR) is 101 cm³/mol. The van der Waals surface area contributed by atoms with Gasteiger partial charge in [0.2, 0.25) is 5.91 Å². The van der Waals surface area contributed by atoms with Gasteiger partial charge in [-0.1, -0.05) is 6.07 Å². The molecule has 28 heavy (non-hydrogen) atoms. The van der Waals surface area contributed by atoms with Crippen molar-refractivity contribution in [3.05, 3.63) is 29.8 Å². The van der Waals surface area contributed by atoms with Gasteiger partial charge >= 0.3 is 6.03 Å². The lowest BCUT2D eigenvalue weighted by molar-refractivity contribution is -0.132. The first-order valence-corrected chi connectivity index (χ1v) is 9.68. The maximum absolute atomic E-state index is 12.7. The Morgan fingerprint density at radius 1 is 1.21 bits per heavy atom. The summed E-state index contributed by atoms with van der Waals surface area (Å²) in [5, 5.41) is 14.1. The minimum absolute atomic E-state index is 0.0133. The Hall–Kier alpha value is -3.08. The number of nitriles is 1. The van der Waals surface area contributed by atoms with Crippen molar-refractivity contribution in [1.29, 1.82) is 5.26 Å². The Morgan fingerprint density at radius 3 is 2.57 bits per heavy atom. The normalized spacial score (nSPS) is 24.5. The standard InChI is InChI=1S/C20H23N5O3/c21-13-14-2-1-3-16(12-14)24-8-10-25(11-9-24)17(26)6-7-20(15-4-5-15)18(27)22-19(28)23-20/h1-3,12,15H,4-11H2,(H2,22,23,27,28). The lowest BCUT2D eigenvalue weighted by Crippen LogP contribution is -2.51. The summed E-state index contributed by atoms with van der Waals surface area (Å²) >= 11 is 0. The van der Waals surface area contributed by atoms with Gasteiger partial charge in [0, 0.05) is 38.3 Å². The van der Waals surface area contributed by atoms with Crippen LogP contribution in [-0.4, -0.2) is 54.5 Å². The number of rotatable bonds is 5. The fourth-order valence-corrected chi connectivity index (χ4v) is 4.20. The first-order valence-electron chi connectivity index (χ1n) is 9.68. The van der Waals surface area contributed by atoms with Gasteiger partial charge in [0.25, 0.3) is 5.91 Å². The highest BCUT2D eigenvalue weighted by molar-refractivity contribution is 6.07. The number of amides is 4. The van der Waals surface area contributed by atoms with E-state index in [1.54, 1.807) is 6.07 Å². The van der Waals surface area contributed by atoms with Crippen molar-refractivity contribution in [2.45, 2.75) is 31.2 Å². The summed E-state index contributed by atoms with van der Waals surface area (Å²) in [5.74, 6) is -0.148. The molecule has 3 fully saturated rings. The SMILES string of the molecule is N#Cc1cccc(N2CCN(C(=O)CCC3(C4CC4)NC(=O)NC3=O)CC2)c1. The summed E-state index contributed by atoms with van der Waals surface area (Å²) < 4.78 is 0. The van der Waals surface area contributed by atoms with Gasteiger partial charge in [0.15, 0.2) is 0 Å². The molecule has 8 nitrogen and oxygen atoms in total. The van der Waals surface area contributed by atoms with Crippen LogP contribution in [-0.2, 0) is 9.59 Å². The van der Waals surface area contributed by atoms with Crippen LogP contribution in [0.3, 0.4) is 0 Å². The third kappa shape index (κ3) is 3.40. The summed E-state index contributed by atoms with van der Waals surface area (Å²) in [6.45, 7) is 2.60. The monoisotopic (exact) mass is 381 g/mol. The molecule has 0 bridgehead atoms. The van der Waals surface area contributed by atoms with E-state index in [0.29, 0.717) is 38.2 Å². The maximum atomic E-state index is 12.7. The topological polar surface area (TPSA) is 106 Å². The number of urea groups is 1. The predicted octanol–water partition coefficient (Wildman–Crippen LogP) is 0.975. The fraction of sp³-hybridized carbons (Fsp3) is 0.500. The van der Waals surface area contributed by atoms with Gasteiger partial charge < -0.3 is 15.1 Å². The molecule has 1 aromatic carbocycles. The van der Waals surface area contributed by atoms with Gasteiger partial charge in [-0.25, -0.2) is 4.79 Å². The van der Waals surface area contributed by atoms with Crippen molar-refractivity contribution in [1.82, 2.24) is 15.5 Å². The van der Waals surface area contributed by atoms with Gasteiger partial charge in [0.05, 0.1) is 11.6 Å². The van der Waals surface area contributed by atoms with Crippen LogP contribution in [0.4, 0.5) is 10.5 Å².